The lowest BCUT2D eigenvalue weighted by Gasteiger charge is -2.27. The predicted molar refractivity (Wildman–Crippen MR) is 81.6 cm³/mol. The van der Waals surface area contributed by atoms with Gasteiger partial charge in [-0.2, -0.15) is 0 Å². The second-order valence-electron chi connectivity index (χ2n) is 5.86. The maximum absolute atomic E-state index is 13.8. The summed E-state index contributed by atoms with van der Waals surface area (Å²) in [6.45, 7) is 7.66. The fraction of sp³-hybridized carbons (Fsp3) is 0.467. The molecule has 21 heavy (non-hydrogen) atoms. The van der Waals surface area contributed by atoms with Crippen LogP contribution in [0.2, 0.25) is 0 Å². The molecule has 0 radical (unpaired) electrons. The minimum Gasteiger partial charge on any atom is -0.320 e. The van der Waals surface area contributed by atoms with Crippen LogP contribution in [-0.2, 0) is 10.0 Å². The first-order valence-electron chi connectivity index (χ1n) is 6.59. The molecule has 116 valence electrons. The third-order valence-corrected chi connectivity index (χ3v) is 4.75. The average molecular weight is 312 g/mol. The number of rotatable bonds is 3. The van der Waals surface area contributed by atoms with Gasteiger partial charge in [-0.3, -0.25) is 0 Å². The molecule has 0 fully saturated rings. The lowest BCUT2D eigenvalue weighted by Crippen LogP contribution is -2.41. The van der Waals surface area contributed by atoms with Crippen molar-refractivity contribution in [3.63, 3.8) is 0 Å². The smallest absolute Gasteiger partial charge is 0.240 e. The van der Waals surface area contributed by atoms with Crippen molar-refractivity contribution < 1.29 is 12.8 Å². The minimum atomic E-state index is -3.77. The van der Waals surface area contributed by atoms with E-state index in [0.717, 1.165) is 6.07 Å². The molecule has 0 bridgehead atoms. The Balaban J connectivity index is 3.08. The molecule has 3 N–H and O–H groups in total. The number of hydrogen-bond acceptors (Lipinski definition) is 3. The van der Waals surface area contributed by atoms with Gasteiger partial charge in [-0.25, -0.2) is 17.5 Å². The Morgan fingerprint density at radius 3 is 2.48 bits per heavy atom. The lowest BCUT2D eigenvalue weighted by molar-refractivity contribution is 0.317. The molecule has 0 heterocycles. The standard InChI is InChI=1S/C15H21FN2O2S/c1-11(15(2,3)4)18-21(19,20)13-8-7-12(6-5-9-17)14(16)10-13/h7-8,10-11,18H,9,17H2,1-4H3. The Morgan fingerprint density at radius 2 is 2.00 bits per heavy atom. The summed E-state index contributed by atoms with van der Waals surface area (Å²) in [6, 6.07) is 3.36. The zero-order chi connectivity index (χ0) is 16.3. The first-order chi connectivity index (χ1) is 9.58. The predicted octanol–water partition coefficient (Wildman–Crippen LogP) is 1.85. The quantitative estimate of drug-likeness (QED) is 0.837. The molecular weight excluding hydrogens is 291 g/mol. The van der Waals surface area contributed by atoms with Crippen molar-refractivity contribution in [1.82, 2.24) is 4.72 Å². The Hall–Kier alpha value is -1.42. The van der Waals surface area contributed by atoms with E-state index < -0.39 is 15.8 Å². The second-order valence-corrected chi connectivity index (χ2v) is 7.57. The molecule has 1 unspecified atom stereocenters. The zero-order valence-corrected chi connectivity index (χ0v) is 13.5. The Morgan fingerprint density at radius 1 is 1.38 bits per heavy atom. The maximum atomic E-state index is 13.8. The molecule has 1 atom stereocenters. The molecule has 0 aliphatic rings. The number of nitrogens with two attached hydrogens (primary N) is 1. The molecule has 0 aliphatic carbocycles. The van der Waals surface area contributed by atoms with Crippen LogP contribution in [0.1, 0.15) is 33.3 Å². The van der Waals surface area contributed by atoms with Gasteiger partial charge >= 0.3 is 0 Å². The molecule has 0 aliphatic heterocycles. The van der Waals surface area contributed by atoms with E-state index >= 15 is 0 Å². The molecule has 1 aromatic rings. The van der Waals surface area contributed by atoms with Crippen molar-refractivity contribution in [3.05, 3.63) is 29.6 Å². The summed E-state index contributed by atoms with van der Waals surface area (Å²) < 4.78 is 40.9. The van der Waals surface area contributed by atoms with Crippen LogP contribution >= 0.6 is 0 Å². The van der Waals surface area contributed by atoms with Crippen molar-refractivity contribution in [3.8, 4) is 11.8 Å². The molecule has 1 rings (SSSR count). The van der Waals surface area contributed by atoms with E-state index in [1.54, 1.807) is 6.92 Å². The Bertz CT molecular complexity index is 667. The third kappa shape index (κ3) is 4.81. The van der Waals surface area contributed by atoms with Crippen LogP contribution < -0.4 is 10.5 Å². The van der Waals surface area contributed by atoms with Gasteiger partial charge in [0.05, 0.1) is 17.0 Å². The van der Waals surface area contributed by atoms with Crippen molar-refractivity contribution in [2.75, 3.05) is 6.54 Å². The second kappa shape index (κ2) is 6.56. The van der Waals surface area contributed by atoms with E-state index in [1.165, 1.54) is 12.1 Å². The highest BCUT2D eigenvalue weighted by atomic mass is 32.2. The lowest BCUT2D eigenvalue weighted by atomic mass is 9.89. The number of hydrogen-bond donors (Lipinski definition) is 2. The first kappa shape index (κ1) is 17.6. The highest BCUT2D eigenvalue weighted by molar-refractivity contribution is 7.89. The topological polar surface area (TPSA) is 72.2 Å². The van der Waals surface area contributed by atoms with Crippen LogP contribution in [-0.4, -0.2) is 21.0 Å². The van der Waals surface area contributed by atoms with Crippen LogP contribution in [0.4, 0.5) is 4.39 Å². The molecule has 0 aromatic heterocycles. The summed E-state index contributed by atoms with van der Waals surface area (Å²) in [4.78, 5) is -0.116. The van der Waals surface area contributed by atoms with Crippen molar-refractivity contribution in [2.24, 2.45) is 11.1 Å². The molecule has 0 saturated carbocycles. The van der Waals surface area contributed by atoms with Gasteiger partial charge in [-0.1, -0.05) is 32.6 Å². The van der Waals surface area contributed by atoms with Crippen molar-refractivity contribution >= 4 is 10.0 Å². The van der Waals surface area contributed by atoms with Crippen LogP contribution in [0.5, 0.6) is 0 Å². The van der Waals surface area contributed by atoms with Gasteiger partial charge < -0.3 is 5.73 Å². The summed E-state index contributed by atoms with van der Waals surface area (Å²) >= 11 is 0. The normalized spacial score (nSPS) is 13.4. The monoisotopic (exact) mass is 312 g/mol. The summed E-state index contributed by atoms with van der Waals surface area (Å²) in [6.07, 6.45) is 0. The van der Waals surface area contributed by atoms with Gasteiger partial charge in [0.15, 0.2) is 0 Å². The number of sulfonamides is 1. The zero-order valence-electron chi connectivity index (χ0n) is 12.7. The highest BCUT2D eigenvalue weighted by Crippen LogP contribution is 2.21. The third-order valence-electron chi connectivity index (χ3n) is 3.21. The maximum Gasteiger partial charge on any atom is 0.240 e. The SMILES string of the molecule is CC(NS(=O)(=O)c1ccc(C#CCN)c(F)c1)C(C)(C)C. The van der Waals surface area contributed by atoms with Gasteiger partial charge in [-0.05, 0) is 30.5 Å². The molecule has 4 nitrogen and oxygen atoms in total. The van der Waals surface area contributed by atoms with E-state index in [1.807, 2.05) is 20.8 Å². The number of nitrogens with one attached hydrogen (secondary N) is 1. The van der Waals surface area contributed by atoms with Crippen molar-refractivity contribution in [2.45, 2.75) is 38.6 Å². The van der Waals surface area contributed by atoms with Crippen LogP contribution in [0.3, 0.4) is 0 Å². The van der Waals surface area contributed by atoms with E-state index in [9.17, 15) is 12.8 Å². The molecule has 0 saturated heterocycles. The Labute approximate surface area is 126 Å². The van der Waals surface area contributed by atoms with E-state index in [-0.39, 0.29) is 28.5 Å². The highest BCUT2D eigenvalue weighted by Gasteiger charge is 2.26. The van der Waals surface area contributed by atoms with Crippen LogP contribution in [0.15, 0.2) is 23.1 Å². The number of benzene rings is 1. The molecule has 0 amide bonds. The van der Waals surface area contributed by atoms with Gasteiger partial charge in [0.1, 0.15) is 5.82 Å². The largest absolute Gasteiger partial charge is 0.320 e. The summed E-state index contributed by atoms with van der Waals surface area (Å²) in [5.74, 6) is 4.40. The molecular formula is C15H21FN2O2S. The summed E-state index contributed by atoms with van der Waals surface area (Å²) in [5, 5.41) is 0. The molecule has 0 spiro atoms. The minimum absolute atomic E-state index is 0.115. The van der Waals surface area contributed by atoms with Gasteiger partial charge in [-0.15, -0.1) is 0 Å². The molecule has 1 aromatic carbocycles. The molecule has 6 heteroatoms. The first-order valence-corrected chi connectivity index (χ1v) is 8.07. The average Bonchev–Trinajstić information content (AvgIpc) is 2.35. The van der Waals surface area contributed by atoms with Crippen LogP contribution in [0, 0.1) is 23.1 Å². The fourth-order valence-electron chi connectivity index (χ4n) is 1.39. The van der Waals surface area contributed by atoms with Gasteiger partial charge in [0.25, 0.3) is 0 Å². The van der Waals surface area contributed by atoms with Crippen molar-refractivity contribution in [1.29, 1.82) is 0 Å². The Kier molecular flexibility index (Phi) is 5.51. The fourth-order valence-corrected chi connectivity index (χ4v) is 2.85. The number of halogens is 1. The summed E-state index contributed by atoms with van der Waals surface area (Å²) in [7, 11) is -3.77. The van der Waals surface area contributed by atoms with Crippen LogP contribution in [0.25, 0.3) is 0 Å². The van der Waals surface area contributed by atoms with E-state index in [2.05, 4.69) is 16.6 Å². The van der Waals surface area contributed by atoms with E-state index in [4.69, 9.17) is 5.73 Å². The summed E-state index contributed by atoms with van der Waals surface area (Å²) in [5.41, 5.74) is 5.11. The van der Waals surface area contributed by atoms with Gasteiger partial charge in [0, 0.05) is 6.04 Å². The van der Waals surface area contributed by atoms with E-state index in [0.29, 0.717) is 0 Å². The van der Waals surface area contributed by atoms with Gasteiger partial charge in [0.2, 0.25) is 10.0 Å².